The molecule has 0 aromatic carbocycles. The highest BCUT2D eigenvalue weighted by atomic mass is 17.0. The topological polar surface area (TPSA) is 102 Å². The number of rotatable bonds is 2. The number of imide groups is 1. The minimum atomic E-state index is -2.20. The van der Waals surface area contributed by atoms with Gasteiger partial charge < -0.3 is 14.7 Å². The Morgan fingerprint density at radius 3 is 2.53 bits per heavy atom. The summed E-state index contributed by atoms with van der Waals surface area (Å²) in [5.74, 6) is -1.98. The van der Waals surface area contributed by atoms with Crippen molar-refractivity contribution in [3.8, 4) is 0 Å². The molecule has 0 unspecified atom stereocenters. The Bertz CT molecular complexity index is 344. The van der Waals surface area contributed by atoms with Crippen molar-refractivity contribution in [2.24, 2.45) is 0 Å². The quantitative estimate of drug-likeness (QED) is 0.292. The lowest BCUT2D eigenvalue weighted by atomic mass is 10.3. The molecule has 2 fully saturated rings. The maximum atomic E-state index is 11.6. The predicted octanol–water partition coefficient (Wildman–Crippen LogP) is 0.00510. The number of hydrogen-bond donors (Lipinski definition) is 0. The highest BCUT2D eigenvalue weighted by molar-refractivity contribution is 5.92. The third-order valence-electron chi connectivity index (χ3n) is 2.56. The standard InChI is InChI=1S/C9H11NO7/c11-7-1-2-8(12)10(7,14)17-9(13)16-6-3-4-15-5-6/h6H,1-5H2/t6-/m0/s1. The summed E-state index contributed by atoms with van der Waals surface area (Å²) < 4.78 is 9.67. The van der Waals surface area contributed by atoms with E-state index in [2.05, 4.69) is 4.84 Å². The maximum absolute atomic E-state index is 11.6. The molecule has 0 radical (unpaired) electrons. The molecular formula is C9H11NO7. The van der Waals surface area contributed by atoms with Crippen molar-refractivity contribution in [1.82, 2.24) is 0 Å². The number of carbonyl (C=O) groups is 3. The van der Waals surface area contributed by atoms with E-state index in [9.17, 15) is 19.6 Å². The second kappa shape index (κ2) is 4.40. The summed E-state index contributed by atoms with van der Waals surface area (Å²) in [6.07, 6.45) is -1.76. The van der Waals surface area contributed by atoms with Gasteiger partial charge in [0.15, 0.2) is 0 Å². The number of hydroxylamine groups is 4. The average Bonchev–Trinajstić information content (AvgIpc) is 2.84. The summed E-state index contributed by atoms with van der Waals surface area (Å²) >= 11 is 0. The van der Waals surface area contributed by atoms with Crippen molar-refractivity contribution in [2.75, 3.05) is 13.2 Å². The molecule has 17 heavy (non-hydrogen) atoms. The highest BCUT2D eigenvalue weighted by Crippen LogP contribution is 2.23. The fourth-order valence-electron chi connectivity index (χ4n) is 1.62. The monoisotopic (exact) mass is 245 g/mol. The molecule has 0 saturated carbocycles. The van der Waals surface area contributed by atoms with E-state index in [1.165, 1.54) is 0 Å². The lowest BCUT2D eigenvalue weighted by molar-refractivity contribution is -0.916. The van der Waals surface area contributed by atoms with Crippen LogP contribution in [0.2, 0.25) is 0 Å². The van der Waals surface area contributed by atoms with Gasteiger partial charge in [0.1, 0.15) is 6.10 Å². The number of quaternary nitrogens is 1. The van der Waals surface area contributed by atoms with Crippen molar-refractivity contribution < 1.29 is 33.5 Å². The Balaban J connectivity index is 1.93. The Morgan fingerprint density at radius 2 is 2.00 bits per heavy atom. The molecule has 94 valence electrons. The molecule has 8 heteroatoms. The van der Waals surface area contributed by atoms with Crippen LogP contribution in [-0.2, 0) is 23.9 Å². The molecule has 2 rings (SSSR count). The smallest absolute Gasteiger partial charge is 0.561 e. The van der Waals surface area contributed by atoms with Crippen LogP contribution in [0.5, 0.6) is 0 Å². The molecule has 2 saturated heterocycles. The van der Waals surface area contributed by atoms with Crippen LogP contribution < -0.4 is 0 Å². The van der Waals surface area contributed by atoms with Gasteiger partial charge in [-0.2, -0.15) is 4.79 Å². The zero-order chi connectivity index (χ0) is 12.5. The Morgan fingerprint density at radius 1 is 1.35 bits per heavy atom. The molecule has 2 amide bonds. The molecular weight excluding hydrogens is 234 g/mol. The summed E-state index contributed by atoms with van der Waals surface area (Å²) in [5.41, 5.74) is 0. The van der Waals surface area contributed by atoms with E-state index >= 15 is 0 Å². The summed E-state index contributed by atoms with van der Waals surface area (Å²) in [7, 11) is 0. The van der Waals surface area contributed by atoms with E-state index in [1.54, 1.807) is 0 Å². The molecule has 1 atom stereocenters. The first kappa shape index (κ1) is 12.0. The molecule has 8 nitrogen and oxygen atoms in total. The fraction of sp³-hybridized carbons (Fsp3) is 0.667. The van der Waals surface area contributed by atoms with E-state index in [0.29, 0.717) is 13.0 Å². The van der Waals surface area contributed by atoms with Crippen molar-refractivity contribution in [2.45, 2.75) is 25.4 Å². The van der Waals surface area contributed by atoms with Crippen LogP contribution in [0, 0.1) is 5.21 Å². The third kappa shape index (κ3) is 2.28. The maximum Gasteiger partial charge on any atom is 0.561 e. The van der Waals surface area contributed by atoms with Gasteiger partial charge in [0.25, 0.3) is 0 Å². The Labute approximate surface area is 96.1 Å². The lowest BCUT2D eigenvalue weighted by Crippen LogP contribution is -2.48. The normalized spacial score (nSPS) is 27.2. The average molecular weight is 245 g/mol. The van der Waals surface area contributed by atoms with E-state index in [-0.39, 0.29) is 19.4 Å². The van der Waals surface area contributed by atoms with Gasteiger partial charge in [0, 0.05) is 6.42 Å². The van der Waals surface area contributed by atoms with Crippen LogP contribution in [0.15, 0.2) is 0 Å². The van der Waals surface area contributed by atoms with Gasteiger partial charge >= 0.3 is 18.0 Å². The van der Waals surface area contributed by atoms with Gasteiger partial charge in [0.2, 0.25) is 0 Å². The van der Waals surface area contributed by atoms with E-state index in [0.717, 1.165) is 0 Å². The molecule has 0 aromatic rings. The first-order chi connectivity index (χ1) is 8.02. The molecule has 2 aliphatic rings. The van der Waals surface area contributed by atoms with Crippen LogP contribution in [0.1, 0.15) is 19.3 Å². The molecule has 0 aromatic heterocycles. The SMILES string of the molecule is O=C(O[C@H]1CCOC1)O[N+]1([O-])C(=O)CCC1=O. The van der Waals surface area contributed by atoms with Gasteiger partial charge in [-0.1, -0.05) is 0 Å². The Hall–Kier alpha value is -1.51. The highest BCUT2D eigenvalue weighted by Gasteiger charge is 2.48. The zero-order valence-corrected chi connectivity index (χ0v) is 8.92. The van der Waals surface area contributed by atoms with Crippen molar-refractivity contribution in [3.63, 3.8) is 0 Å². The second-order valence-electron chi connectivity index (χ2n) is 3.78. The molecule has 2 heterocycles. The van der Waals surface area contributed by atoms with Crippen LogP contribution in [-0.4, -0.2) is 42.1 Å². The first-order valence-corrected chi connectivity index (χ1v) is 5.17. The number of ether oxygens (including phenoxy) is 2. The van der Waals surface area contributed by atoms with Gasteiger partial charge in [-0.3, -0.25) is 0 Å². The Kier molecular flexibility index (Phi) is 3.09. The predicted molar refractivity (Wildman–Crippen MR) is 49.7 cm³/mol. The van der Waals surface area contributed by atoms with Gasteiger partial charge in [-0.25, -0.2) is 14.4 Å². The molecule has 0 aliphatic carbocycles. The van der Waals surface area contributed by atoms with Gasteiger partial charge in [0.05, 0.1) is 26.1 Å². The van der Waals surface area contributed by atoms with E-state index in [1.807, 2.05) is 0 Å². The van der Waals surface area contributed by atoms with Crippen LogP contribution >= 0.6 is 0 Å². The van der Waals surface area contributed by atoms with Gasteiger partial charge in [-0.15, -0.1) is 0 Å². The van der Waals surface area contributed by atoms with Crippen molar-refractivity contribution in [1.29, 1.82) is 0 Å². The summed E-state index contributed by atoms with van der Waals surface area (Å²) in [4.78, 5) is 35.6. The minimum absolute atomic E-state index is 0.218. The fourth-order valence-corrected chi connectivity index (χ4v) is 1.62. The summed E-state index contributed by atoms with van der Waals surface area (Å²) in [6, 6.07) is 0. The van der Waals surface area contributed by atoms with E-state index in [4.69, 9.17) is 9.47 Å². The number of carbonyl (C=O) groups excluding carboxylic acids is 3. The van der Waals surface area contributed by atoms with Crippen LogP contribution in [0.25, 0.3) is 0 Å². The number of nitrogens with zero attached hydrogens (tertiary/aromatic N) is 1. The first-order valence-electron chi connectivity index (χ1n) is 5.17. The molecule has 0 spiro atoms. The van der Waals surface area contributed by atoms with Crippen LogP contribution in [0.3, 0.4) is 0 Å². The molecule has 0 N–H and O–H groups in total. The lowest BCUT2D eigenvalue weighted by Gasteiger charge is -2.26. The van der Waals surface area contributed by atoms with Crippen LogP contribution in [0.4, 0.5) is 4.79 Å². The largest absolute Gasteiger partial charge is 0.574 e. The zero-order valence-electron chi connectivity index (χ0n) is 8.92. The number of amides is 2. The third-order valence-corrected chi connectivity index (χ3v) is 2.56. The second-order valence-corrected chi connectivity index (χ2v) is 3.78. The summed E-state index contributed by atoms with van der Waals surface area (Å²) in [5, 5.41) is 11.6. The van der Waals surface area contributed by atoms with Gasteiger partial charge in [-0.05, 0) is 4.81 Å². The van der Waals surface area contributed by atoms with Crippen molar-refractivity contribution >= 4 is 18.0 Å². The van der Waals surface area contributed by atoms with E-state index < -0.39 is 28.9 Å². The molecule has 2 aliphatic heterocycles. The summed E-state index contributed by atoms with van der Waals surface area (Å²) in [6.45, 7) is 0.670. The minimum Gasteiger partial charge on any atom is -0.574 e. The number of hydrogen-bond acceptors (Lipinski definition) is 7. The molecule has 0 bridgehead atoms. The van der Waals surface area contributed by atoms with Crippen molar-refractivity contribution in [3.05, 3.63) is 5.21 Å².